The standard InChI is InChI=1S/C23H35FN4O4S/c1-3-4-11-25-23(30)19-10-9-18(2)27(16-19)17-22(29)26-12-14-28(15-13-26)33(31,32)21-8-6-5-7-20(21)24/h5-8,18-19H,3-4,9-17H2,1-2H3,(H,25,30). The fraction of sp³-hybridized carbons (Fsp3) is 0.652. The first kappa shape index (κ1) is 25.6. The van der Waals surface area contributed by atoms with Crippen LogP contribution >= 0.6 is 0 Å². The molecule has 10 heteroatoms. The van der Waals surface area contributed by atoms with Gasteiger partial charge in [-0.05, 0) is 38.3 Å². The van der Waals surface area contributed by atoms with Gasteiger partial charge in [0.15, 0.2) is 0 Å². The second kappa shape index (κ2) is 11.4. The van der Waals surface area contributed by atoms with Crippen molar-refractivity contribution < 1.29 is 22.4 Å². The van der Waals surface area contributed by atoms with Crippen molar-refractivity contribution in [1.82, 2.24) is 19.4 Å². The van der Waals surface area contributed by atoms with E-state index in [4.69, 9.17) is 0 Å². The molecule has 0 aromatic heterocycles. The summed E-state index contributed by atoms with van der Waals surface area (Å²) < 4.78 is 40.8. The summed E-state index contributed by atoms with van der Waals surface area (Å²) in [6.45, 7) is 6.35. The van der Waals surface area contributed by atoms with Crippen molar-refractivity contribution in [2.24, 2.45) is 5.92 Å². The zero-order valence-electron chi connectivity index (χ0n) is 19.5. The number of piperazine rings is 1. The van der Waals surface area contributed by atoms with Crippen molar-refractivity contribution in [2.75, 3.05) is 45.8 Å². The van der Waals surface area contributed by atoms with Crippen LogP contribution in [0.3, 0.4) is 0 Å². The van der Waals surface area contributed by atoms with Crippen LogP contribution in [0.15, 0.2) is 29.2 Å². The predicted molar refractivity (Wildman–Crippen MR) is 123 cm³/mol. The molecule has 184 valence electrons. The zero-order valence-corrected chi connectivity index (χ0v) is 20.3. The molecular formula is C23H35FN4O4S. The molecule has 3 rings (SSSR count). The van der Waals surface area contributed by atoms with Gasteiger partial charge >= 0.3 is 0 Å². The lowest BCUT2D eigenvalue weighted by atomic mass is 9.92. The number of piperidine rings is 1. The Morgan fingerprint density at radius 1 is 1.12 bits per heavy atom. The number of halogens is 1. The molecule has 2 unspecified atom stereocenters. The summed E-state index contributed by atoms with van der Waals surface area (Å²) in [6, 6.07) is 5.54. The Morgan fingerprint density at radius 2 is 1.82 bits per heavy atom. The Bertz CT molecular complexity index is 934. The van der Waals surface area contributed by atoms with Crippen LogP contribution < -0.4 is 5.32 Å². The van der Waals surface area contributed by atoms with Gasteiger partial charge in [-0.3, -0.25) is 14.5 Å². The lowest BCUT2D eigenvalue weighted by Crippen LogP contribution is -2.55. The third-order valence-electron chi connectivity index (χ3n) is 6.60. The van der Waals surface area contributed by atoms with Gasteiger partial charge in [-0.2, -0.15) is 4.31 Å². The van der Waals surface area contributed by atoms with E-state index in [1.54, 1.807) is 4.90 Å². The molecule has 0 bridgehead atoms. The predicted octanol–water partition coefficient (Wildman–Crippen LogP) is 1.68. The first-order chi connectivity index (χ1) is 15.7. The van der Waals surface area contributed by atoms with Crippen LogP contribution in [0.2, 0.25) is 0 Å². The Kier molecular flexibility index (Phi) is 8.83. The number of carbonyl (C=O) groups excluding carboxylic acids is 2. The number of nitrogens with zero attached hydrogens (tertiary/aromatic N) is 3. The second-order valence-corrected chi connectivity index (χ2v) is 10.8. The normalized spacial score (nSPS) is 22.8. The van der Waals surface area contributed by atoms with Crippen LogP contribution in [0.1, 0.15) is 39.5 Å². The maximum Gasteiger partial charge on any atom is 0.246 e. The van der Waals surface area contributed by atoms with Gasteiger partial charge in [-0.15, -0.1) is 0 Å². The van der Waals surface area contributed by atoms with Crippen LogP contribution in [0.4, 0.5) is 4.39 Å². The molecule has 2 fully saturated rings. The number of hydrogen-bond donors (Lipinski definition) is 1. The molecule has 0 radical (unpaired) electrons. The highest BCUT2D eigenvalue weighted by Gasteiger charge is 2.34. The molecular weight excluding hydrogens is 447 g/mol. The smallest absolute Gasteiger partial charge is 0.246 e. The van der Waals surface area contributed by atoms with Crippen LogP contribution in [-0.4, -0.2) is 86.2 Å². The average molecular weight is 483 g/mol. The summed E-state index contributed by atoms with van der Waals surface area (Å²) in [5.41, 5.74) is 0. The third kappa shape index (κ3) is 6.30. The molecule has 0 spiro atoms. The Hall–Kier alpha value is -2.04. The Labute approximate surface area is 196 Å². The van der Waals surface area contributed by atoms with Crippen LogP contribution in [0.5, 0.6) is 0 Å². The van der Waals surface area contributed by atoms with Crippen LogP contribution in [0, 0.1) is 11.7 Å². The summed E-state index contributed by atoms with van der Waals surface area (Å²) in [5.74, 6) is -0.909. The number of likely N-dealkylation sites (tertiary alicyclic amines) is 1. The Morgan fingerprint density at radius 3 is 2.48 bits per heavy atom. The molecule has 2 atom stereocenters. The molecule has 2 heterocycles. The van der Waals surface area contributed by atoms with Gasteiger partial charge in [0, 0.05) is 45.3 Å². The minimum atomic E-state index is -3.94. The van der Waals surface area contributed by atoms with Gasteiger partial charge in [-0.1, -0.05) is 25.5 Å². The number of rotatable bonds is 8. The molecule has 2 saturated heterocycles. The first-order valence-electron chi connectivity index (χ1n) is 11.8. The number of carbonyl (C=O) groups is 2. The lowest BCUT2D eigenvalue weighted by molar-refractivity contribution is -0.136. The lowest BCUT2D eigenvalue weighted by Gasteiger charge is -2.39. The van der Waals surface area contributed by atoms with Crippen molar-refractivity contribution in [3.8, 4) is 0 Å². The summed E-state index contributed by atoms with van der Waals surface area (Å²) in [5, 5.41) is 2.99. The molecule has 1 aromatic rings. The molecule has 33 heavy (non-hydrogen) atoms. The largest absolute Gasteiger partial charge is 0.356 e. The quantitative estimate of drug-likeness (QED) is 0.570. The third-order valence-corrected chi connectivity index (χ3v) is 8.53. The zero-order chi connectivity index (χ0) is 24.0. The maximum absolute atomic E-state index is 14.0. The van der Waals surface area contributed by atoms with Crippen LogP contribution in [0.25, 0.3) is 0 Å². The van der Waals surface area contributed by atoms with E-state index in [0.29, 0.717) is 13.1 Å². The molecule has 1 aromatic carbocycles. The van der Waals surface area contributed by atoms with Gasteiger partial charge in [0.25, 0.3) is 0 Å². The maximum atomic E-state index is 14.0. The number of sulfonamides is 1. The highest BCUT2D eigenvalue weighted by molar-refractivity contribution is 7.89. The van der Waals surface area contributed by atoms with Crippen LogP contribution in [-0.2, 0) is 19.6 Å². The van der Waals surface area contributed by atoms with Crippen molar-refractivity contribution in [2.45, 2.75) is 50.5 Å². The number of unbranched alkanes of at least 4 members (excludes halogenated alkanes) is 1. The van der Waals surface area contributed by atoms with Crippen molar-refractivity contribution in [1.29, 1.82) is 0 Å². The van der Waals surface area contributed by atoms with Gasteiger partial charge in [0.1, 0.15) is 10.7 Å². The summed E-state index contributed by atoms with van der Waals surface area (Å²) in [4.78, 5) is 28.8. The SMILES string of the molecule is CCCCNC(=O)C1CCC(C)N(CC(=O)N2CCN(S(=O)(=O)c3ccccc3F)CC2)C1. The molecule has 2 aliphatic heterocycles. The van der Waals surface area contributed by atoms with Crippen molar-refractivity contribution in [3.05, 3.63) is 30.1 Å². The van der Waals surface area contributed by atoms with E-state index >= 15 is 0 Å². The van der Waals surface area contributed by atoms with E-state index in [1.807, 2.05) is 0 Å². The second-order valence-electron chi connectivity index (χ2n) is 8.91. The van der Waals surface area contributed by atoms with Crippen molar-refractivity contribution >= 4 is 21.8 Å². The molecule has 2 aliphatic rings. The summed E-state index contributed by atoms with van der Waals surface area (Å²) in [6.07, 6.45) is 3.65. The average Bonchev–Trinajstić information content (AvgIpc) is 2.80. The van der Waals surface area contributed by atoms with E-state index in [0.717, 1.165) is 31.7 Å². The minimum Gasteiger partial charge on any atom is -0.356 e. The minimum absolute atomic E-state index is 0.0553. The number of nitrogens with one attached hydrogen (secondary N) is 1. The molecule has 0 aliphatic carbocycles. The summed E-state index contributed by atoms with van der Waals surface area (Å²) in [7, 11) is -3.94. The first-order valence-corrected chi connectivity index (χ1v) is 13.2. The fourth-order valence-corrected chi connectivity index (χ4v) is 5.88. The van der Waals surface area contributed by atoms with E-state index in [2.05, 4.69) is 24.1 Å². The molecule has 8 nitrogen and oxygen atoms in total. The Balaban J connectivity index is 1.53. The highest BCUT2D eigenvalue weighted by Crippen LogP contribution is 2.23. The molecule has 0 saturated carbocycles. The fourth-order valence-electron chi connectivity index (χ4n) is 4.39. The van der Waals surface area contributed by atoms with E-state index < -0.39 is 15.8 Å². The summed E-state index contributed by atoms with van der Waals surface area (Å²) >= 11 is 0. The molecule has 1 N–H and O–H groups in total. The molecule has 2 amide bonds. The van der Waals surface area contributed by atoms with Gasteiger partial charge in [0.2, 0.25) is 21.8 Å². The van der Waals surface area contributed by atoms with Crippen molar-refractivity contribution in [3.63, 3.8) is 0 Å². The van der Waals surface area contributed by atoms with Gasteiger partial charge in [-0.25, -0.2) is 12.8 Å². The monoisotopic (exact) mass is 482 g/mol. The van der Waals surface area contributed by atoms with Gasteiger partial charge in [0.05, 0.1) is 12.5 Å². The van der Waals surface area contributed by atoms with E-state index in [9.17, 15) is 22.4 Å². The van der Waals surface area contributed by atoms with Gasteiger partial charge < -0.3 is 10.2 Å². The highest BCUT2D eigenvalue weighted by atomic mass is 32.2. The number of benzene rings is 1. The van der Waals surface area contributed by atoms with E-state index in [-0.39, 0.29) is 61.4 Å². The topological polar surface area (TPSA) is 90.0 Å². The van der Waals surface area contributed by atoms with E-state index in [1.165, 1.54) is 22.5 Å². The number of amides is 2. The number of hydrogen-bond acceptors (Lipinski definition) is 5.